The maximum atomic E-state index is 5.41. The van der Waals surface area contributed by atoms with Gasteiger partial charge in [-0.1, -0.05) is 60.7 Å². The van der Waals surface area contributed by atoms with E-state index in [0.717, 1.165) is 26.2 Å². The third kappa shape index (κ3) is 4.80. The van der Waals surface area contributed by atoms with E-state index in [9.17, 15) is 0 Å². The maximum absolute atomic E-state index is 5.41. The van der Waals surface area contributed by atoms with Crippen LogP contribution in [0.1, 0.15) is 24.1 Å². The van der Waals surface area contributed by atoms with Crippen molar-refractivity contribution < 1.29 is 4.74 Å². The summed E-state index contributed by atoms with van der Waals surface area (Å²) in [6.07, 6.45) is 0.997. The smallest absolute Gasteiger partial charge is 0.0590 e. The van der Waals surface area contributed by atoms with Gasteiger partial charge in [-0.2, -0.15) is 0 Å². The fourth-order valence-corrected chi connectivity index (χ4v) is 2.29. The quantitative estimate of drug-likeness (QED) is 0.739. The number of nitrogens with one attached hydrogen (secondary N) is 1. The van der Waals surface area contributed by atoms with Gasteiger partial charge in [-0.15, -0.1) is 0 Å². The van der Waals surface area contributed by atoms with Crippen molar-refractivity contribution in [2.75, 3.05) is 19.8 Å². The molecular formula is C18H23NO. The van der Waals surface area contributed by atoms with Crippen molar-refractivity contribution in [1.82, 2.24) is 5.32 Å². The summed E-state index contributed by atoms with van der Waals surface area (Å²) in [5.41, 5.74) is 2.68. The molecule has 2 aromatic rings. The van der Waals surface area contributed by atoms with Crippen LogP contribution in [0.5, 0.6) is 0 Å². The average molecular weight is 269 g/mol. The third-order valence-electron chi connectivity index (χ3n) is 3.33. The van der Waals surface area contributed by atoms with Crippen LogP contribution in [0, 0.1) is 0 Å². The lowest BCUT2D eigenvalue weighted by molar-refractivity contribution is 0.146. The molecule has 2 aromatic carbocycles. The molecule has 106 valence electrons. The summed E-state index contributed by atoms with van der Waals surface area (Å²) in [6.45, 7) is 4.43. The molecule has 1 atom stereocenters. The number of ether oxygens (including phenoxy) is 1. The summed E-state index contributed by atoms with van der Waals surface area (Å²) < 4.78 is 5.41. The molecule has 0 aromatic heterocycles. The van der Waals surface area contributed by atoms with Gasteiger partial charge in [-0.05, 0) is 24.5 Å². The minimum absolute atomic E-state index is 0.332. The topological polar surface area (TPSA) is 21.3 Å². The molecule has 0 bridgehead atoms. The molecule has 0 aliphatic rings. The van der Waals surface area contributed by atoms with E-state index >= 15 is 0 Å². The van der Waals surface area contributed by atoms with Gasteiger partial charge >= 0.3 is 0 Å². The van der Waals surface area contributed by atoms with Crippen LogP contribution in [-0.4, -0.2) is 19.8 Å². The van der Waals surface area contributed by atoms with Crippen molar-refractivity contribution in [3.63, 3.8) is 0 Å². The van der Waals surface area contributed by atoms with E-state index in [1.807, 2.05) is 6.92 Å². The molecule has 0 amide bonds. The number of rotatable bonds is 8. The second kappa shape index (κ2) is 8.51. The SMILES string of the molecule is CCOCCNC(Cc1ccccc1)c1ccccc1. The lowest BCUT2D eigenvalue weighted by Crippen LogP contribution is -2.27. The lowest BCUT2D eigenvalue weighted by Gasteiger charge is -2.19. The molecule has 0 spiro atoms. The van der Waals surface area contributed by atoms with Crippen LogP contribution in [0.25, 0.3) is 0 Å². The molecule has 2 rings (SSSR count). The first kappa shape index (κ1) is 14.8. The highest BCUT2D eigenvalue weighted by Crippen LogP contribution is 2.18. The summed E-state index contributed by atoms with van der Waals surface area (Å²) in [6, 6.07) is 21.6. The predicted molar refractivity (Wildman–Crippen MR) is 83.8 cm³/mol. The lowest BCUT2D eigenvalue weighted by atomic mass is 9.99. The fraction of sp³-hybridized carbons (Fsp3) is 0.333. The summed E-state index contributed by atoms with van der Waals surface area (Å²) in [4.78, 5) is 0. The first-order chi connectivity index (χ1) is 9.90. The summed E-state index contributed by atoms with van der Waals surface area (Å²) in [5.74, 6) is 0. The van der Waals surface area contributed by atoms with Crippen LogP contribution in [0.2, 0.25) is 0 Å². The molecule has 0 radical (unpaired) electrons. The first-order valence-corrected chi connectivity index (χ1v) is 7.30. The van der Waals surface area contributed by atoms with Gasteiger partial charge in [0.15, 0.2) is 0 Å². The molecule has 0 fully saturated rings. The Morgan fingerprint density at radius 2 is 1.60 bits per heavy atom. The Kier molecular flexibility index (Phi) is 6.28. The van der Waals surface area contributed by atoms with E-state index in [4.69, 9.17) is 4.74 Å². The highest BCUT2D eigenvalue weighted by molar-refractivity contribution is 5.23. The van der Waals surface area contributed by atoms with E-state index in [0.29, 0.717) is 6.04 Å². The number of benzene rings is 2. The summed E-state index contributed by atoms with van der Waals surface area (Å²) in [7, 11) is 0. The van der Waals surface area contributed by atoms with Gasteiger partial charge in [0.2, 0.25) is 0 Å². The molecule has 1 N–H and O–H groups in total. The Hall–Kier alpha value is -1.64. The average Bonchev–Trinajstić information content (AvgIpc) is 2.52. The van der Waals surface area contributed by atoms with Gasteiger partial charge in [-0.25, -0.2) is 0 Å². The van der Waals surface area contributed by atoms with E-state index in [1.165, 1.54) is 11.1 Å². The van der Waals surface area contributed by atoms with Crippen LogP contribution in [0.3, 0.4) is 0 Å². The molecule has 2 heteroatoms. The van der Waals surface area contributed by atoms with Gasteiger partial charge in [0.05, 0.1) is 6.61 Å². The zero-order valence-corrected chi connectivity index (χ0v) is 12.1. The van der Waals surface area contributed by atoms with Crippen molar-refractivity contribution in [3.05, 3.63) is 71.8 Å². The van der Waals surface area contributed by atoms with Gasteiger partial charge in [0, 0.05) is 19.2 Å². The second-order valence-corrected chi connectivity index (χ2v) is 4.80. The van der Waals surface area contributed by atoms with Gasteiger partial charge in [-0.3, -0.25) is 0 Å². The molecule has 0 aliphatic carbocycles. The minimum atomic E-state index is 0.332. The largest absolute Gasteiger partial charge is 0.380 e. The van der Waals surface area contributed by atoms with E-state index in [1.54, 1.807) is 0 Å². The zero-order valence-electron chi connectivity index (χ0n) is 12.1. The zero-order chi connectivity index (χ0) is 14.0. The van der Waals surface area contributed by atoms with Crippen molar-refractivity contribution in [2.45, 2.75) is 19.4 Å². The summed E-state index contributed by atoms with van der Waals surface area (Å²) >= 11 is 0. The van der Waals surface area contributed by atoms with Crippen molar-refractivity contribution in [3.8, 4) is 0 Å². The summed E-state index contributed by atoms with van der Waals surface area (Å²) in [5, 5.41) is 3.59. The van der Waals surface area contributed by atoms with Crippen molar-refractivity contribution in [1.29, 1.82) is 0 Å². The van der Waals surface area contributed by atoms with E-state index < -0.39 is 0 Å². The van der Waals surface area contributed by atoms with E-state index in [-0.39, 0.29) is 0 Å². The van der Waals surface area contributed by atoms with Gasteiger partial charge < -0.3 is 10.1 Å². The first-order valence-electron chi connectivity index (χ1n) is 7.30. The Morgan fingerprint density at radius 1 is 0.950 bits per heavy atom. The molecule has 2 nitrogen and oxygen atoms in total. The van der Waals surface area contributed by atoms with Gasteiger partial charge in [0.1, 0.15) is 0 Å². The Bertz CT molecular complexity index is 469. The highest BCUT2D eigenvalue weighted by Gasteiger charge is 2.11. The molecule has 20 heavy (non-hydrogen) atoms. The predicted octanol–water partition coefficient (Wildman–Crippen LogP) is 3.60. The Balaban J connectivity index is 2.00. The highest BCUT2D eigenvalue weighted by atomic mass is 16.5. The van der Waals surface area contributed by atoms with Crippen LogP contribution >= 0.6 is 0 Å². The molecular weight excluding hydrogens is 246 g/mol. The molecule has 1 unspecified atom stereocenters. The molecule has 0 saturated heterocycles. The Labute approximate surface area is 121 Å². The monoisotopic (exact) mass is 269 g/mol. The van der Waals surface area contributed by atoms with Crippen LogP contribution in [0.15, 0.2) is 60.7 Å². The molecule has 0 saturated carbocycles. The Morgan fingerprint density at radius 3 is 2.25 bits per heavy atom. The van der Waals surface area contributed by atoms with Gasteiger partial charge in [0.25, 0.3) is 0 Å². The maximum Gasteiger partial charge on any atom is 0.0590 e. The van der Waals surface area contributed by atoms with E-state index in [2.05, 4.69) is 66.0 Å². The number of hydrogen-bond donors (Lipinski definition) is 1. The van der Waals surface area contributed by atoms with Crippen LogP contribution in [-0.2, 0) is 11.2 Å². The molecule has 0 heterocycles. The minimum Gasteiger partial charge on any atom is -0.380 e. The standard InChI is InChI=1S/C18H23NO/c1-2-20-14-13-19-18(17-11-7-4-8-12-17)15-16-9-5-3-6-10-16/h3-12,18-19H,2,13-15H2,1H3. The fourth-order valence-electron chi connectivity index (χ4n) is 2.29. The second-order valence-electron chi connectivity index (χ2n) is 4.80. The number of hydrogen-bond acceptors (Lipinski definition) is 2. The van der Waals surface area contributed by atoms with Crippen LogP contribution in [0.4, 0.5) is 0 Å². The van der Waals surface area contributed by atoms with Crippen molar-refractivity contribution >= 4 is 0 Å². The van der Waals surface area contributed by atoms with Crippen molar-refractivity contribution in [2.24, 2.45) is 0 Å². The third-order valence-corrected chi connectivity index (χ3v) is 3.33. The molecule has 0 aliphatic heterocycles. The normalized spacial score (nSPS) is 12.2. The van der Waals surface area contributed by atoms with Crippen LogP contribution < -0.4 is 5.32 Å².